The number of hydrogen-bond donors (Lipinski definition) is 4. The summed E-state index contributed by atoms with van der Waals surface area (Å²) in [6.07, 6.45) is 53.0. The monoisotopic (exact) mass is 860 g/mol. The van der Waals surface area contributed by atoms with Gasteiger partial charge in [0.25, 0.3) is 0 Å². The fraction of sp³-hybridized carbons (Fsp3) is 0.604. The summed E-state index contributed by atoms with van der Waals surface area (Å²) in [5.41, 5.74) is 0. The third-order valence-electron chi connectivity index (χ3n) is 8.87. The average molecular weight is 860 g/mol. The smallest absolute Gasteiger partial charge is 0.472 e. The molecule has 0 aromatic heterocycles. The van der Waals surface area contributed by atoms with Gasteiger partial charge in [-0.2, -0.15) is 0 Å². The molecule has 0 heterocycles. The quantitative estimate of drug-likeness (QED) is 0.0201. The maximum Gasteiger partial charge on any atom is 0.472 e. The number of carbonyl (C=O) groups excluding carboxylic acids is 2. The SMILES string of the molecule is CC/C=C\C/C=C\C/C=C\C/C=C\C/C=C\C/C=C\CCC(=O)OCC(O)COP(=O)(O)OCC(NC(=O)CCCCCCCCC/C=C\C/C=C\CCCCC)C(=O)O. The lowest BCUT2D eigenvalue weighted by atomic mass is 10.1. The Bertz CT molecular complexity index is 1380. The molecule has 1 amide bonds. The number of nitrogens with one attached hydrogen (secondary N) is 1. The van der Waals surface area contributed by atoms with Crippen LogP contribution in [0, 0.1) is 0 Å². The highest BCUT2D eigenvalue weighted by molar-refractivity contribution is 7.47. The minimum atomic E-state index is -4.78. The summed E-state index contributed by atoms with van der Waals surface area (Å²) in [5, 5.41) is 21.8. The highest BCUT2D eigenvalue weighted by Gasteiger charge is 2.28. The second-order valence-corrected chi connectivity index (χ2v) is 16.0. The van der Waals surface area contributed by atoms with Crippen LogP contribution in [0.4, 0.5) is 0 Å². The lowest BCUT2D eigenvalue weighted by molar-refractivity contribution is -0.147. The molecule has 0 aliphatic heterocycles. The summed E-state index contributed by atoms with van der Waals surface area (Å²) in [4.78, 5) is 45.9. The number of rotatable bonds is 40. The summed E-state index contributed by atoms with van der Waals surface area (Å²) >= 11 is 0. The van der Waals surface area contributed by atoms with Crippen LogP contribution in [-0.2, 0) is 32.7 Å². The molecule has 0 aliphatic carbocycles. The first-order chi connectivity index (χ1) is 29.1. The number of esters is 1. The van der Waals surface area contributed by atoms with Crippen LogP contribution in [0.15, 0.2) is 97.2 Å². The van der Waals surface area contributed by atoms with Crippen molar-refractivity contribution < 1.29 is 47.8 Å². The Labute approximate surface area is 362 Å². The van der Waals surface area contributed by atoms with E-state index in [1.165, 1.54) is 25.7 Å². The van der Waals surface area contributed by atoms with Crippen molar-refractivity contribution in [2.45, 2.75) is 167 Å². The highest BCUT2D eigenvalue weighted by Crippen LogP contribution is 2.43. The van der Waals surface area contributed by atoms with Crippen LogP contribution in [0.25, 0.3) is 0 Å². The Balaban J connectivity index is 4.02. The van der Waals surface area contributed by atoms with Crippen LogP contribution in [0.3, 0.4) is 0 Å². The summed E-state index contributed by atoms with van der Waals surface area (Å²) in [7, 11) is -4.78. The molecule has 0 rings (SSSR count). The predicted molar refractivity (Wildman–Crippen MR) is 244 cm³/mol. The Morgan fingerprint density at radius 2 is 0.983 bits per heavy atom. The summed E-state index contributed by atoms with van der Waals surface area (Å²) in [6, 6.07) is -1.57. The van der Waals surface area contributed by atoms with Crippen molar-refractivity contribution >= 4 is 25.7 Å². The van der Waals surface area contributed by atoms with Gasteiger partial charge in [0.2, 0.25) is 5.91 Å². The Kier molecular flexibility index (Phi) is 39.6. The van der Waals surface area contributed by atoms with Gasteiger partial charge in [0.05, 0.1) is 13.2 Å². The van der Waals surface area contributed by atoms with E-state index in [0.717, 1.165) is 89.9 Å². The molecule has 0 aromatic carbocycles. The molecule has 0 aromatic rings. The molecule has 0 saturated carbocycles. The molecule has 3 atom stereocenters. The van der Waals surface area contributed by atoms with Crippen LogP contribution in [-0.4, -0.2) is 64.9 Å². The van der Waals surface area contributed by atoms with Gasteiger partial charge in [0.1, 0.15) is 12.7 Å². The second kappa shape index (κ2) is 42.1. The number of phosphoric ester groups is 1. The molecule has 60 heavy (non-hydrogen) atoms. The number of carboxylic acids is 1. The van der Waals surface area contributed by atoms with Gasteiger partial charge in [-0.1, -0.05) is 156 Å². The van der Waals surface area contributed by atoms with Crippen LogP contribution in [0.5, 0.6) is 0 Å². The van der Waals surface area contributed by atoms with E-state index in [1.54, 1.807) is 0 Å². The van der Waals surface area contributed by atoms with E-state index in [9.17, 15) is 34.1 Å². The van der Waals surface area contributed by atoms with Crippen LogP contribution in [0.2, 0.25) is 0 Å². The van der Waals surface area contributed by atoms with Crippen LogP contribution < -0.4 is 5.32 Å². The van der Waals surface area contributed by atoms with Gasteiger partial charge in [0, 0.05) is 12.8 Å². The fourth-order valence-corrected chi connectivity index (χ4v) is 6.20. The van der Waals surface area contributed by atoms with Crippen molar-refractivity contribution in [1.82, 2.24) is 5.32 Å². The number of aliphatic hydroxyl groups is 1. The topological polar surface area (TPSA) is 169 Å². The lowest BCUT2D eigenvalue weighted by Gasteiger charge is -2.18. The standard InChI is InChI=1S/C48H78NO10P/c1-3-5-7-9-11-13-15-17-19-21-22-24-26-28-30-32-34-36-38-40-47(52)57-41-44(50)42-58-60(55,56)59-43-45(48(53)54)49-46(51)39-37-35-33-31-29-27-25-23-20-18-16-14-12-10-8-6-4-2/h5,7,11-14,17-20,22,24,28,30,34,36,44-45,50H,3-4,6,8-10,15-16,21,23,25-27,29,31-33,35,37-43H2,1-2H3,(H,49,51)(H,53,54)(H,55,56)/b7-5-,13-11-,14-12-,19-17-,20-18-,24-22-,30-28-,36-34-. The Morgan fingerprint density at radius 1 is 0.550 bits per heavy atom. The van der Waals surface area contributed by atoms with Gasteiger partial charge in [0.15, 0.2) is 6.04 Å². The van der Waals surface area contributed by atoms with Crippen molar-refractivity contribution in [2.75, 3.05) is 19.8 Å². The molecular weight excluding hydrogens is 781 g/mol. The van der Waals surface area contributed by atoms with Crippen LogP contribution in [0.1, 0.15) is 155 Å². The molecule has 0 aliphatic rings. The maximum absolute atomic E-state index is 12.3. The number of carbonyl (C=O) groups is 3. The van der Waals surface area contributed by atoms with Crippen LogP contribution >= 0.6 is 7.82 Å². The van der Waals surface area contributed by atoms with E-state index in [0.29, 0.717) is 12.8 Å². The molecular formula is C48H78NO10P. The molecule has 0 spiro atoms. The fourth-order valence-electron chi connectivity index (χ4n) is 5.43. The van der Waals surface area contributed by atoms with Crippen molar-refractivity contribution in [3.05, 3.63) is 97.2 Å². The zero-order chi connectivity index (χ0) is 44.2. The first-order valence-electron chi connectivity index (χ1n) is 22.3. The van der Waals surface area contributed by atoms with E-state index < -0.39 is 57.6 Å². The summed E-state index contributed by atoms with van der Waals surface area (Å²) in [6.45, 7) is 2.35. The lowest BCUT2D eigenvalue weighted by Crippen LogP contribution is -2.43. The largest absolute Gasteiger partial charge is 0.480 e. The van der Waals surface area contributed by atoms with Gasteiger partial charge in [-0.05, 0) is 83.5 Å². The number of hydrogen-bond acceptors (Lipinski definition) is 8. The van der Waals surface area contributed by atoms with E-state index in [1.807, 2.05) is 18.2 Å². The first kappa shape index (κ1) is 56.4. The van der Waals surface area contributed by atoms with E-state index in [4.69, 9.17) is 13.8 Å². The number of carboxylic acid groups (broad SMARTS) is 1. The number of amides is 1. The minimum absolute atomic E-state index is 0.0931. The molecule has 0 bridgehead atoms. The van der Waals surface area contributed by atoms with E-state index in [2.05, 4.69) is 98.2 Å². The van der Waals surface area contributed by atoms with Crippen molar-refractivity contribution in [3.8, 4) is 0 Å². The van der Waals surface area contributed by atoms with Crippen molar-refractivity contribution in [3.63, 3.8) is 0 Å². The molecule has 12 heteroatoms. The molecule has 3 unspecified atom stereocenters. The Hall–Kier alpha value is -3.60. The average Bonchev–Trinajstić information content (AvgIpc) is 3.22. The van der Waals surface area contributed by atoms with Gasteiger partial charge in [-0.3, -0.25) is 18.6 Å². The molecule has 340 valence electrons. The predicted octanol–water partition coefficient (Wildman–Crippen LogP) is 11.7. The zero-order valence-corrected chi connectivity index (χ0v) is 37.6. The molecule has 0 radical (unpaired) electrons. The third-order valence-corrected chi connectivity index (χ3v) is 9.82. The summed E-state index contributed by atoms with van der Waals surface area (Å²) in [5.74, 6) is -2.49. The van der Waals surface area contributed by atoms with Gasteiger partial charge in [-0.25, -0.2) is 9.36 Å². The number of phosphoric acid groups is 1. The first-order valence-corrected chi connectivity index (χ1v) is 23.8. The highest BCUT2D eigenvalue weighted by atomic mass is 31.2. The number of ether oxygens (including phenoxy) is 1. The molecule has 4 N–H and O–H groups in total. The van der Waals surface area contributed by atoms with Gasteiger partial charge >= 0.3 is 19.8 Å². The zero-order valence-electron chi connectivity index (χ0n) is 36.7. The second-order valence-electron chi connectivity index (χ2n) is 14.5. The third kappa shape index (κ3) is 41.1. The number of allylic oxidation sites excluding steroid dienone is 16. The molecule has 0 fully saturated rings. The van der Waals surface area contributed by atoms with Crippen molar-refractivity contribution in [1.29, 1.82) is 0 Å². The number of aliphatic carboxylic acids is 1. The Morgan fingerprint density at radius 3 is 1.48 bits per heavy atom. The summed E-state index contributed by atoms with van der Waals surface area (Å²) < 4.78 is 26.8. The maximum atomic E-state index is 12.3. The van der Waals surface area contributed by atoms with Gasteiger partial charge < -0.3 is 25.2 Å². The minimum Gasteiger partial charge on any atom is -0.480 e. The van der Waals surface area contributed by atoms with Gasteiger partial charge in [-0.15, -0.1) is 0 Å². The number of aliphatic hydroxyl groups excluding tert-OH is 1. The molecule has 11 nitrogen and oxygen atoms in total. The van der Waals surface area contributed by atoms with Crippen molar-refractivity contribution in [2.24, 2.45) is 0 Å². The normalized spacial score (nSPS) is 14.6. The molecule has 0 saturated heterocycles. The number of unbranched alkanes of at least 4 members (excludes halogenated alkanes) is 10. The van der Waals surface area contributed by atoms with E-state index in [-0.39, 0.29) is 12.8 Å². The van der Waals surface area contributed by atoms with E-state index >= 15 is 0 Å².